The topological polar surface area (TPSA) is 75.4 Å². The number of hydrogen-bond acceptors (Lipinski definition) is 4. The monoisotopic (exact) mass is 221 g/mol. The fourth-order valence-electron chi connectivity index (χ4n) is 1.60. The summed E-state index contributed by atoms with van der Waals surface area (Å²) in [6.45, 7) is 2.79. The van der Waals surface area contributed by atoms with Crippen molar-refractivity contribution in [3.63, 3.8) is 0 Å². The molecule has 84 valence electrons. The first kappa shape index (κ1) is 11.9. The predicted molar refractivity (Wildman–Crippen MR) is 56.5 cm³/mol. The van der Waals surface area contributed by atoms with Gasteiger partial charge in [-0.15, -0.1) is 0 Å². The molecule has 0 saturated carbocycles. The molecule has 0 radical (unpaired) electrons. The van der Waals surface area contributed by atoms with Gasteiger partial charge in [0.1, 0.15) is 0 Å². The Morgan fingerprint density at radius 3 is 2.79 bits per heavy atom. The van der Waals surface area contributed by atoms with E-state index in [1.54, 1.807) is 0 Å². The molecule has 0 amide bonds. The van der Waals surface area contributed by atoms with Crippen LogP contribution in [-0.4, -0.2) is 51.2 Å². The zero-order valence-electron chi connectivity index (χ0n) is 8.57. The molecule has 1 aliphatic heterocycles. The van der Waals surface area contributed by atoms with Crippen LogP contribution in [0.3, 0.4) is 0 Å². The Balaban J connectivity index is 2.28. The maximum Gasteiger partial charge on any atom is 0.211 e. The van der Waals surface area contributed by atoms with E-state index in [0.29, 0.717) is 25.7 Å². The lowest BCUT2D eigenvalue weighted by atomic mass is 10.2. The predicted octanol–water partition coefficient (Wildman–Crippen LogP) is -1.04. The van der Waals surface area contributed by atoms with Gasteiger partial charge in [-0.2, -0.15) is 0 Å². The standard InChI is InChI=1S/C8H19N3O2S/c1-14(12,13)11-6-3-8(7-11)10-5-2-4-9/h8,10H,2-7,9H2,1H3. The highest BCUT2D eigenvalue weighted by Crippen LogP contribution is 2.12. The van der Waals surface area contributed by atoms with E-state index in [2.05, 4.69) is 5.32 Å². The van der Waals surface area contributed by atoms with E-state index >= 15 is 0 Å². The molecule has 5 nitrogen and oxygen atoms in total. The summed E-state index contributed by atoms with van der Waals surface area (Å²) in [4.78, 5) is 0. The fourth-order valence-corrected chi connectivity index (χ4v) is 2.49. The van der Waals surface area contributed by atoms with Gasteiger partial charge in [0.05, 0.1) is 6.26 Å². The van der Waals surface area contributed by atoms with Crippen LogP contribution in [0.2, 0.25) is 0 Å². The van der Waals surface area contributed by atoms with E-state index in [-0.39, 0.29) is 0 Å². The Kier molecular flexibility index (Phi) is 4.31. The van der Waals surface area contributed by atoms with Crippen LogP contribution in [0.15, 0.2) is 0 Å². The number of nitrogens with two attached hydrogens (primary N) is 1. The van der Waals surface area contributed by atoms with Gasteiger partial charge in [-0.3, -0.25) is 0 Å². The summed E-state index contributed by atoms with van der Waals surface area (Å²) in [7, 11) is -3.00. The number of sulfonamides is 1. The van der Waals surface area contributed by atoms with Crippen LogP contribution >= 0.6 is 0 Å². The normalized spacial score (nSPS) is 24.3. The quantitative estimate of drug-likeness (QED) is 0.581. The van der Waals surface area contributed by atoms with E-state index in [1.165, 1.54) is 10.6 Å². The van der Waals surface area contributed by atoms with Gasteiger partial charge in [0.15, 0.2) is 0 Å². The van der Waals surface area contributed by atoms with Crippen molar-refractivity contribution in [3.8, 4) is 0 Å². The Morgan fingerprint density at radius 1 is 1.57 bits per heavy atom. The molecular weight excluding hydrogens is 202 g/mol. The zero-order chi connectivity index (χ0) is 10.6. The summed E-state index contributed by atoms with van der Waals surface area (Å²) < 4.78 is 23.9. The Bertz CT molecular complexity index is 266. The van der Waals surface area contributed by atoms with Crippen LogP contribution in [0.1, 0.15) is 12.8 Å². The lowest BCUT2D eigenvalue weighted by molar-refractivity contribution is 0.460. The van der Waals surface area contributed by atoms with Crippen LogP contribution in [0.4, 0.5) is 0 Å². The molecule has 0 aromatic carbocycles. The van der Waals surface area contributed by atoms with Crippen LogP contribution in [0.25, 0.3) is 0 Å². The SMILES string of the molecule is CS(=O)(=O)N1CCC(NCCCN)C1. The Hall–Kier alpha value is -0.170. The van der Waals surface area contributed by atoms with E-state index in [9.17, 15) is 8.42 Å². The summed E-state index contributed by atoms with van der Waals surface area (Å²) in [5.74, 6) is 0. The Labute approximate surface area is 85.7 Å². The lowest BCUT2D eigenvalue weighted by Crippen LogP contribution is -2.35. The molecule has 1 saturated heterocycles. The van der Waals surface area contributed by atoms with Gasteiger partial charge in [-0.25, -0.2) is 12.7 Å². The highest BCUT2D eigenvalue weighted by atomic mass is 32.2. The lowest BCUT2D eigenvalue weighted by Gasteiger charge is -2.14. The summed E-state index contributed by atoms with van der Waals surface area (Å²) >= 11 is 0. The third-order valence-corrected chi connectivity index (χ3v) is 3.70. The fraction of sp³-hybridized carbons (Fsp3) is 1.00. The highest BCUT2D eigenvalue weighted by molar-refractivity contribution is 7.88. The number of hydrogen-bond donors (Lipinski definition) is 2. The smallest absolute Gasteiger partial charge is 0.211 e. The van der Waals surface area contributed by atoms with Crippen LogP contribution in [0, 0.1) is 0 Å². The first-order chi connectivity index (χ1) is 6.54. The molecule has 0 aromatic rings. The van der Waals surface area contributed by atoms with Crippen molar-refractivity contribution >= 4 is 10.0 Å². The number of nitrogens with one attached hydrogen (secondary N) is 1. The molecule has 0 aromatic heterocycles. The molecule has 1 heterocycles. The summed E-state index contributed by atoms with van der Waals surface area (Å²) in [6.07, 6.45) is 3.10. The largest absolute Gasteiger partial charge is 0.330 e. The van der Waals surface area contributed by atoms with E-state index in [0.717, 1.165) is 19.4 Å². The maximum absolute atomic E-state index is 11.2. The average molecular weight is 221 g/mol. The third kappa shape index (κ3) is 3.53. The van der Waals surface area contributed by atoms with Crippen molar-refractivity contribution in [2.24, 2.45) is 5.73 Å². The maximum atomic E-state index is 11.2. The van der Waals surface area contributed by atoms with Gasteiger partial charge in [0.2, 0.25) is 10.0 Å². The molecule has 1 fully saturated rings. The minimum absolute atomic E-state index is 0.302. The first-order valence-electron chi connectivity index (χ1n) is 4.92. The van der Waals surface area contributed by atoms with Gasteiger partial charge >= 0.3 is 0 Å². The molecule has 0 aliphatic carbocycles. The second kappa shape index (κ2) is 5.06. The zero-order valence-corrected chi connectivity index (χ0v) is 9.39. The minimum Gasteiger partial charge on any atom is -0.330 e. The van der Waals surface area contributed by atoms with Crippen LogP contribution in [-0.2, 0) is 10.0 Å². The van der Waals surface area contributed by atoms with Gasteiger partial charge in [0, 0.05) is 19.1 Å². The van der Waals surface area contributed by atoms with E-state index in [1.807, 2.05) is 0 Å². The molecule has 6 heteroatoms. The molecule has 0 bridgehead atoms. The minimum atomic E-state index is -3.00. The van der Waals surface area contributed by atoms with E-state index < -0.39 is 10.0 Å². The first-order valence-corrected chi connectivity index (χ1v) is 6.77. The summed E-state index contributed by atoms with van der Waals surface area (Å²) in [5.41, 5.74) is 5.36. The van der Waals surface area contributed by atoms with Crippen molar-refractivity contribution in [1.29, 1.82) is 0 Å². The Morgan fingerprint density at radius 2 is 2.29 bits per heavy atom. The van der Waals surface area contributed by atoms with Crippen LogP contribution < -0.4 is 11.1 Å². The average Bonchev–Trinajstić information content (AvgIpc) is 2.52. The molecule has 1 rings (SSSR count). The summed E-state index contributed by atoms with van der Waals surface area (Å²) in [5, 5.41) is 3.30. The molecule has 1 aliphatic rings. The van der Waals surface area contributed by atoms with Crippen molar-refractivity contribution in [1.82, 2.24) is 9.62 Å². The van der Waals surface area contributed by atoms with Crippen molar-refractivity contribution in [2.75, 3.05) is 32.4 Å². The number of rotatable bonds is 5. The second-order valence-corrected chi connectivity index (χ2v) is 5.69. The molecular formula is C8H19N3O2S. The molecule has 0 spiro atoms. The van der Waals surface area contributed by atoms with Gasteiger partial charge < -0.3 is 11.1 Å². The molecule has 14 heavy (non-hydrogen) atoms. The molecule has 1 atom stereocenters. The summed E-state index contributed by atoms with van der Waals surface area (Å²) in [6, 6.07) is 0.302. The van der Waals surface area contributed by atoms with Crippen LogP contribution in [0.5, 0.6) is 0 Å². The van der Waals surface area contributed by atoms with Gasteiger partial charge in [-0.1, -0.05) is 0 Å². The van der Waals surface area contributed by atoms with E-state index in [4.69, 9.17) is 5.73 Å². The van der Waals surface area contributed by atoms with Crippen molar-refractivity contribution < 1.29 is 8.42 Å². The molecule has 1 unspecified atom stereocenters. The second-order valence-electron chi connectivity index (χ2n) is 3.70. The van der Waals surface area contributed by atoms with Crippen molar-refractivity contribution in [2.45, 2.75) is 18.9 Å². The number of nitrogens with zero attached hydrogens (tertiary/aromatic N) is 1. The van der Waals surface area contributed by atoms with Crippen molar-refractivity contribution in [3.05, 3.63) is 0 Å². The highest BCUT2D eigenvalue weighted by Gasteiger charge is 2.27. The van der Waals surface area contributed by atoms with Gasteiger partial charge in [0.25, 0.3) is 0 Å². The molecule has 3 N–H and O–H groups in total. The third-order valence-electron chi connectivity index (χ3n) is 2.43. The van der Waals surface area contributed by atoms with Gasteiger partial charge in [-0.05, 0) is 25.9 Å².